The van der Waals surface area contributed by atoms with Gasteiger partial charge in [0, 0.05) is 65.2 Å². The molecule has 4 saturated heterocycles. The Labute approximate surface area is 373 Å². The molecule has 4 fully saturated rings. The van der Waals surface area contributed by atoms with Crippen LogP contribution in [0.3, 0.4) is 0 Å². The minimum absolute atomic E-state index is 0.0929. The molecule has 0 bridgehead atoms. The maximum Gasteiger partial charge on any atom is 0.408 e. The third-order valence-electron chi connectivity index (χ3n) is 13.9. The highest BCUT2D eigenvalue weighted by Crippen LogP contribution is 2.43. The number of alkyl carbamates (subject to hydrolysis) is 1. The van der Waals surface area contributed by atoms with Crippen LogP contribution >= 0.6 is 0 Å². The molecule has 358 valence electrons. The summed E-state index contributed by atoms with van der Waals surface area (Å²) < 4.78 is 63.3. The number of carbonyl (C=O) groups excluding carboxylic acids is 5. The molecule has 17 nitrogen and oxygen atoms in total. The van der Waals surface area contributed by atoms with Crippen molar-refractivity contribution in [2.45, 2.75) is 199 Å². The van der Waals surface area contributed by atoms with Gasteiger partial charge in [-0.3, -0.25) is 24.1 Å². The van der Waals surface area contributed by atoms with Crippen molar-refractivity contribution < 1.29 is 71.3 Å². The smallest absolute Gasteiger partial charge is 0.408 e. The van der Waals surface area contributed by atoms with Crippen molar-refractivity contribution in [3.8, 4) is 12.3 Å². The van der Waals surface area contributed by atoms with Crippen LogP contribution in [0.1, 0.15) is 115 Å². The third-order valence-corrected chi connectivity index (χ3v) is 13.9. The zero-order valence-corrected chi connectivity index (χ0v) is 40.1. The zero-order valence-electron chi connectivity index (χ0n) is 40.1. The lowest BCUT2D eigenvalue weighted by Gasteiger charge is -2.50. The molecule has 0 spiro atoms. The maximum absolute atomic E-state index is 14.7. The molecule has 0 radical (unpaired) electrons. The van der Waals surface area contributed by atoms with Gasteiger partial charge in [-0.2, -0.15) is 0 Å². The van der Waals surface area contributed by atoms with Gasteiger partial charge < -0.3 is 52.7 Å². The van der Waals surface area contributed by atoms with E-state index >= 15 is 0 Å². The van der Waals surface area contributed by atoms with Crippen LogP contribution in [0.25, 0.3) is 0 Å². The van der Waals surface area contributed by atoms with Gasteiger partial charge in [-0.25, -0.2) is 4.79 Å². The summed E-state index contributed by atoms with van der Waals surface area (Å²) in [5.74, 6) is -2.50. The molecule has 0 aromatic rings. The van der Waals surface area contributed by atoms with E-state index in [4.69, 9.17) is 53.8 Å². The molecule has 4 aliphatic heterocycles. The highest BCUT2D eigenvalue weighted by atomic mass is 16.7. The molecule has 1 amide bonds. The number of hydrogen-bond acceptors (Lipinski definition) is 16. The minimum Gasteiger partial charge on any atom is -0.458 e. The van der Waals surface area contributed by atoms with Crippen molar-refractivity contribution in [2.75, 3.05) is 27.8 Å². The Morgan fingerprint density at radius 3 is 2.06 bits per heavy atom. The standard InChI is InChI=1S/C46H74N2O15/c1-17-19-20-48(14)32-21-25(4)56-42(37(32)58-30(9)49)62-39-27(6)36(61-34-23-45(12,55-16)40(29(8)57-34)59-31(10)50)28(7)41(52)60-33(18-2)46(13)38(47-43(53)63-46)26(5)35(51)24(3)22-44(39,11)54-15/h1,24-29,32-34,36-40,42H,18-23H2,2-16H3,(H,47,53)/t24-,25-,26+,27+,28-,29+,32+,33-,34-,36+,37-,38-,39-,40+,42+,44-,45-,46-/m1/s1. The van der Waals surface area contributed by atoms with Gasteiger partial charge >= 0.3 is 24.0 Å². The number of cyclic esters (lactones) is 1. The predicted octanol–water partition coefficient (Wildman–Crippen LogP) is 4.73. The molecule has 18 atom stereocenters. The zero-order chi connectivity index (χ0) is 47.4. The van der Waals surface area contributed by atoms with Gasteiger partial charge in [0.2, 0.25) is 0 Å². The van der Waals surface area contributed by atoms with Crippen LogP contribution in [0.4, 0.5) is 4.79 Å². The Balaban J connectivity index is 1.92. The summed E-state index contributed by atoms with van der Waals surface area (Å²) in [7, 11) is 4.93. The van der Waals surface area contributed by atoms with Crippen molar-refractivity contribution in [1.29, 1.82) is 0 Å². The van der Waals surface area contributed by atoms with Gasteiger partial charge in [-0.15, -0.1) is 12.3 Å². The van der Waals surface area contributed by atoms with E-state index in [0.29, 0.717) is 19.4 Å². The predicted molar refractivity (Wildman–Crippen MR) is 228 cm³/mol. The number of nitrogens with one attached hydrogen (secondary N) is 1. The number of hydrogen-bond donors (Lipinski definition) is 1. The van der Waals surface area contributed by atoms with E-state index in [1.807, 2.05) is 39.6 Å². The second kappa shape index (κ2) is 21.3. The van der Waals surface area contributed by atoms with Gasteiger partial charge in [0.1, 0.15) is 17.5 Å². The van der Waals surface area contributed by atoms with Crippen molar-refractivity contribution in [2.24, 2.45) is 23.7 Å². The Kier molecular flexibility index (Phi) is 17.7. The summed E-state index contributed by atoms with van der Waals surface area (Å²) >= 11 is 0. The van der Waals surface area contributed by atoms with Crippen LogP contribution in [0.5, 0.6) is 0 Å². The van der Waals surface area contributed by atoms with Crippen LogP contribution in [-0.2, 0) is 66.5 Å². The van der Waals surface area contributed by atoms with Crippen LogP contribution < -0.4 is 5.32 Å². The van der Waals surface area contributed by atoms with Gasteiger partial charge in [0.05, 0.1) is 48.0 Å². The number of nitrogens with zero attached hydrogens (tertiary/aromatic N) is 1. The summed E-state index contributed by atoms with van der Waals surface area (Å²) in [6.45, 7) is 21.0. The van der Waals surface area contributed by atoms with Gasteiger partial charge in [-0.1, -0.05) is 27.7 Å². The lowest BCUT2D eigenvalue weighted by Crippen LogP contribution is -2.62. The summed E-state index contributed by atoms with van der Waals surface area (Å²) in [5.41, 5.74) is -3.78. The Hall–Kier alpha value is -3.37. The molecule has 0 saturated carbocycles. The third kappa shape index (κ3) is 11.5. The lowest BCUT2D eigenvalue weighted by molar-refractivity contribution is -0.321. The summed E-state index contributed by atoms with van der Waals surface area (Å²) in [6.07, 6.45) is -1.68. The van der Waals surface area contributed by atoms with Crippen molar-refractivity contribution in [1.82, 2.24) is 10.2 Å². The second-order valence-electron chi connectivity index (χ2n) is 18.8. The molecule has 0 aromatic carbocycles. The first-order valence-electron chi connectivity index (χ1n) is 22.3. The number of ether oxygens (including phenoxy) is 10. The topological polar surface area (TPSA) is 193 Å². The number of likely N-dealkylation sites (N-methyl/N-ethyl adjacent to an activating group) is 1. The van der Waals surface area contributed by atoms with Crippen molar-refractivity contribution in [3.63, 3.8) is 0 Å². The van der Waals surface area contributed by atoms with Gasteiger partial charge in [0.15, 0.2) is 30.4 Å². The molecular formula is C46H74N2O15. The summed E-state index contributed by atoms with van der Waals surface area (Å²) in [5, 5.41) is 2.83. The lowest BCUT2D eigenvalue weighted by atomic mass is 9.73. The quantitative estimate of drug-likeness (QED) is 0.160. The summed E-state index contributed by atoms with van der Waals surface area (Å²) in [6, 6.07) is -1.21. The Morgan fingerprint density at radius 2 is 1.49 bits per heavy atom. The van der Waals surface area contributed by atoms with E-state index in [1.54, 1.807) is 41.5 Å². The highest BCUT2D eigenvalue weighted by Gasteiger charge is 2.58. The molecule has 0 aromatic heterocycles. The average molecular weight is 895 g/mol. The monoisotopic (exact) mass is 895 g/mol. The molecular weight excluding hydrogens is 821 g/mol. The second-order valence-corrected chi connectivity index (χ2v) is 18.8. The van der Waals surface area contributed by atoms with Crippen molar-refractivity contribution in [3.05, 3.63) is 0 Å². The van der Waals surface area contributed by atoms with Crippen LogP contribution in [0, 0.1) is 36.0 Å². The largest absolute Gasteiger partial charge is 0.458 e. The number of amides is 1. The number of rotatable bonds is 12. The van der Waals surface area contributed by atoms with Crippen LogP contribution in [-0.4, -0.2) is 147 Å². The SMILES string of the molecule is C#CCCN(C)[C@H]1C[C@@H](C)O[C@@H](O[C@@H]2[C@@H](C)[C@H](O[C@@H]3C[C@@](C)(OC)[C@@H](OC(C)=O)[C@H](C)O3)[C@@H](C)C(=O)O[C@H](CC)[C@@]3(C)OC(=O)N[C@@H]3[C@@H](C)C(=O)[C@H](C)C[C@@]2(C)OC)[C@@H]1OC(C)=O. The minimum atomic E-state index is -1.41. The Morgan fingerprint density at radius 1 is 0.873 bits per heavy atom. The first kappa shape index (κ1) is 52.3. The van der Waals surface area contributed by atoms with Crippen LogP contribution in [0.15, 0.2) is 0 Å². The van der Waals surface area contributed by atoms with E-state index in [0.717, 1.165) is 0 Å². The van der Waals surface area contributed by atoms with E-state index < -0.39 is 120 Å². The molecule has 17 heteroatoms. The van der Waals surface area contributed by atoms with E-state index in [-0.39, 0.29) is 37.2 Å². The van der Waals surface area contributed by atoms with E-state index in [1.165, 1.54) is 28.1 Å². The fraction of sp³-hybridized carbons (Fsp3) is 0.848. The number of fused-ring (bicyclic) bond motifs is 1. The van der Waals surface area contributed by atoms with E-state index in [2.05, 4.69) is 11.2 Å². The van der Waals surface area contributed by atoms with Gasteiger partial charge in [-0.05, 0) is 67.9 Å². The maximum atomic E-state index is 14.7. The molecule has 4 aliphatic rings. The molecule has 63 heavy (non-hydrogen) atoms. The number of methoxy groups -OCH3 is 2. The van der Waals surface area contributed by atoms with Crippen molar-refractivity contribution >= 4 is 29.8 Å². The Bertz CT molecular complexity index is 1670. The first-order valence-corrected chi connectivity index (χ1v) is 22.3. The van der Waals surface area contributed by atoms with E-state index in [9.17, 15) is 24.0 Å². The normalized spacial score (nSPS) is 42.8. The van der Waals surface area contributed by atoms with Gasteiger partial charge in [0.25, 0.3) is 0 Å². The number of Topliss-reactive ketones (excluding diaryl/α,β-unsaturated/α-hetero) is 1. The number of carbonyl (C=O) groups is 5. The fourth-order valence-electron chi connectivity index (χ4n) is 10.4. The average Bonchev–Trinajstić information content (AvgIpc) is 3.54. The fourth-order valence-corrected chi connectivity index (χ4v) is 10.4. The molecule has 0 unspecified atom stereocenters. The molecule has 4 rings (SSSR count). The summed E-state index contributed by atoms with van der Waals surface area (Å²) in [4.78, 5) is 69.2. The number of terminal acetylenes is 1. The molecule has 4 heterocycles. The molecule has 1 N–H and O–H groups in total. The molecule has 0 aliphatic carbocycles. The van der Waals surface area contributed by atoms with Crippen LogP contribution in [0.2, 0.25) is 0 Å². The number of ketones is 1. The highest BCUT2D eigenvalue weighted by molar-refractivity contribution is 5.85. The first-order chi connectivity index (χ1) is 29.4. The number of esters is 3.